The van der Waals surface area contributed by atoms with Gasteiger partial charge in [0.25, 0.3) is 0 Å². The number of allylic oxidation sites excluding steroid dienone is 1. The van der Waals surface area contributed by atoms with Crippen molar-refractivity contribution in [2.45, 2.75) is 25.0 Å². The van der Waals surface area contributed by atoms with Gasteiger partial charge >= 0.3 is 6.03 Å². The number of carbonyl (C=O) groups is 2. The third-order valence-electron chi connectivity index (χ3n) is 2.25. The van der Waals surface area contributed by atoms with Gasteiger partial charge in [0.15, 0.2) is 5.16 Å². The van der Waals surface area contributed by atoms with Crippen molar-refractivity contribution in [2.24, 2.45) is 0 Å². The van der Waals surface area contributed by atoms with Crippen molar-refractivity contribution >= 4 is 23.7 Å². The largest absolute Gasteiger partial charge is 0.341 e. The van der Waals surface area contributed by atoms with E-state index in [-0.39, 0.29) is 12.3 Å². The lowest BCUT2D eigenvalue weighted by Crippen LogP contribution is -2.37. The summed E-state index contributed by atoms with van der Waals surface area (Å²) in [6.45, 7) is 6.16. The van der Waals surface area contributed by atoms with E-state index >= 15 is 0 Å². The molecule has 2 N–H and O–H groups in total. The Hall–Kier alpha value is -1.83. The number of imide groups is 1. The fourth-order valence-corrected chi connectivity index (χ4v) is 2.23. The van der Waals surface area contributed by atoms with Crippen LogP contribution in [-0.2, 0) is 11.3 Å². The summed E-state index contributed by atoms with van der Waals surface area (Å²) in [7, 11) is 1.46. The minimum absolute atomic E-state index is 0.234. The second kappa shape index (κ2) is 7.57. The number of aromatic nitrogens is 3. The van der Waals surface area contributed by atoms with Crippen molar-refractivity contribution in [2.75, 3.05) is 12.8 Å². The molecule has 0 fully saturated rings. The molecule has 0 unspecified atom stereocenters. The van der Waals surface area contributed by atoms with E-state index in [1.165, 1.54) is 18.8 Å². The molecule has 8 heteroatoms. The van der Waals surface area contributed by atoms with E-state index in [9.17, 15) is 9.59 Å². The van der Waals surface area contributed by atoms with Gasteiger partial charge in [-0.3, -0.25) is 10.1 Å². The molecule has 1 aromatic heterocycles. The third kappa shape index (κ3) is 4.74. The molecule has 0 aliphatic carbocycles. The number of urea groups is 1. The highest BCUT2D eigenvalue weighted by Gasteiger charge is 2.10. The van der Waals surface area contributed by atoms with Gasteiger partial charge in [-0.15, -0.1) is 16.8 Å². The first-order valence-corrected chi connectivity index (χ1v) is 6.72. The number of nitrogens with zero attached hydrogens (tertiary/aromatic N) is 3. The highest BCUT2D eigenvalue weighted by Crippen LogP contribution is 2.17. The highest BCUT2D eigenvalue weighted by molar-refractivity contribution is 7.99. The molecule has 0 spiro atoms. The van der Waals surface area contributed by atoms with Crippen LogP contribution in [0.15, 0.2) is 17.8 Å². The predicted octanol–water partition coefficient (Wildman–Crippen LogP) is 0.710. The molecule has 1 heterocycles. The first-order valence-electron chi connectivity index (χ1n) is 5.73. The molecule has 0 aliphatic rings. The molecule has 0 radical (unpaired) electrons. The average Bonchev–Trinajstić information content (AvgIpc) is 2.72. The number of hydrogen-bond acceptors (Lipinski definition) is 5. The van der Waals surface area contributed by atoms with Gasteiger partial charge in [-0.1, -0.05) is 17.8 Å². The predicted molar refractivity (Wildman–Crippen MR) is 72.9 cm³/mol. The summed E-state index contributed by atoms with van der Waals surface area (Å²) < 4.78 is 1.91. The first kappa shape index (κ1) is 15.2. The second-order valence-electron chi connectivity index (χ2n) is 3.65. The lowest BCUT2D eigenvalue weighted by atomic mass is 10.4. The lowest BCUT2D eigenvalue weighted by molar-refractivity contribution is -0.119. The molecule has 3 amide bonds. The summed E-state index contributed by atoms with van der Waals surface area (Å²) in [6, 6.07) is -0.499. The number of aryl methyl sites for hydroxylation is 1. The first-order chi connectivity index (χ1) is 9.08. The van der Waals surface area contributed by atoms with E-state index in [0.29, 0.717) is 12.3 Å². The topological polar surface area (TPSA) is 88.9 Å². The van der Waals surface area contributed by atoms with E-state index in [4.69, 9.17) is 0 Å². The SMILES string of the molecule is C=CCn1c(C)nnc1SCCC(=O)NC(=O)NC. The minimum Gasteiger partial charge on any atom is -0.341 e. The Morgan fingerprint density at radius 1 is 1.47 bits per heavy atom. The lowest BCUT2D eigenvalue weighted by Gasteiger charge is -2.05. The van der Waals surface area contributed by atoms with Crippen LogP contribution in [0, 0.1) is 6.92 Å². The van der Waals surface area contributed by atoms with Crippen LogP contribution in [0.3, 0.4) is 0 Å². The van der Waals surface area contributed by atoms with Gasteiger partial charge in [-0.2, -0.15) is 0 Å². The summed E-state index contributed by atoms with van der Waals surface area (Å²) >= 11 is 1.42. The van der Waals surface area contributed by atoms with Gasteiger partial charge in [-0.25, -0.2) is 4.79 Å². The maximum atomic E-state index is 11.4. The van der Waals surface area contributed by atoms with Crippen LogP contribution >= 0.6 is 11.8 Å². The summed E-state index contributed by atoms with van der Waals surface area (Å²) in [5.74, 6) is 1.01. The highest BCUT2D eigenvalue weighted by atomic mass is 32.2. The fraction of sp³-hybridized carbons (Fsp3) is 0.455. The van der Waals surface area contributed by atoms with Crippen molar-refractivity contribution in [3.05, 3.63) is 18.5 Å². The van der Waals surface area contributed by atoms with Crippen molar-refractivity contribution in [1.82, 2.24) is 25.4 Å². The van der Waals surface area contributed by atoms with Crippen LogP contribution in [0.5, 0.6) is 0 Å². The quantitative estimate of drug-likeness (QED) is 0.593. The Morgan fingerprint density at radius 2 is 2.21 bits per heavy atom. The molecule has 0 atom stereocenters. The van der Waals surface area contributed by atoms with E-state index in [0.717, 1.165) is 11.0 Å². The summed E-state index contributed by atoms with van der Waals surface area (Å²) in [6.07, 6.45) is 2.00. The molecule has 0 bridgehead atoms. The minimum atomic E-state index is -0.499. The summed E-state index contributed by atoms with van der Waals surface area (Å²) in [5.41, 5.74) is 0. The summed E-state index contributed by atoms with van der Waals surface area (Å²) in [5, 5.41) is 13.3. The van der Waals surface area contributed by atoms with Gasteiger partial charge < -0.3 is 9.88 Å². The van der Waals surface area contributed by atoms with E-state index in [1.807, 2.05) is 11.5 Å². The van der Waals surface area contributed by atoms with E-state index in [2.05, 4.69) is 27.4 Å². The molecule has 104 valence electrons. The van der Waals surface area contributed by atoms with Crippen LogP contribution < -0.4 is 10.6 Å². The molecule has 1 rings (SSSR count). The monoisotopic (exact) mass is 283 g/mol. The Kier molecular flexibility index (Phi) is 6.07. The second-order valence-corrected chi connectivity index (χ2v) is 4.72. The van der Waals surface area contributed by atoms with Gasteiger partial charge in [0, 0.05) is 25.8 Å². The number of carbonyl (C=O) groups excluding carboxylic acids is 2. The third-order valence-corrected chi connectivity index (χ3v) is 3.22. The van der Waals surface area contributed by atoms with Crippen molar-refractivity contribution in [3.63, 3.8) is 0 Å². The molecule has 0 aromatic carbocycles. The normalized spacial score (nSPS) is 10.0. The number of hydrogen-bond donors (Lipinski definition) is 2. The van der Waals surface area contributed by atoms with Gasteiger partial charge in [0.1, 0.15) is 5.82 Å². The van der Waals surface area contributed by atoms with E-state index in [1.54, 1.807) is 6.08 Å². The molecule has 0 aliphatic heterocycles. The van der Waals surface area contributed by atoms with Crippen molar-refractivity contribution in [1.29, 1.82) is 0 Å². The Labute approximate surface area is 115 Å². The molecular formula is C11H17N5O2S. The smallest absolute Gasteiger partial charge is 0.321 e. The average molecular weight is 283 g/mol. The molecule has 0 saturated heterocycles. The number of amides is 3. The van der Waals surface area contributed by atoms with Crippen molar-refractivity contribution < 1.29 is 9.59 Å². The zero-order valence-corrected chi connectivity index (χ0v) is 11.8. The maximum absolute atomic E-state index is 11.4. The Balaban J connectivity index is 2.43. The number of rotatable bonds is 6. The van der Waals surface area contributed by atoms with Crippen molar-refractivity contribution in [3.8, 4) is 0 Å². The fourth-order valence-electron chi connectivity index (χ4n) is 1.29. The van der Waals surface area contributed by atoms with Gasteiger partial charge in [0.2, 0.25) is 5.91 Å². The number of thioether (sulfide) groups is 1. The molecule has 1 aromatic rings. The van der Waals surface area contributed by atoms with Crippen LogP contribution in [-0.4, -0.2) is 39.5 Å². The molecule has 19 heavy (non-hydrogen) atoms. The van der Waals surface area contributed by atoms with Crippen LogP contribution in [0.25, 0.3) is 0 Å². The van der Waals surface area contributed by atoms with Crippen LogP contribution in [0.2, 0.25) is 0 Å². The molecule has 0 saturated carbocycles. The Bertz CT molecular complexity index is 472. The van der Waals surface area contributed by atoms with Gasteiger partial charge in [-0.05, 0) is 6.92 Å². The van der Waals surface area contributed by atoms with Crippen LogP contribution in [0.4, 0.5) is 4.79 Å². The number of nitrogens with one attached hydrogen (secondary N) is 2. The standard InChI is InChI=1S/C11H17N5O2S/c1-4-6-16-8(2)14-15-11(16)19-7-5-9(17)13-10(18)12-3/h4H,1,5-7H2,2-3H3,(H2,12,13,17,18). The molecule has 7 nitrogen and oxygen atoms in total. The van der Waals surface area contributed by atoms with Crippen LogP contribution in [0.1, 0.15) is 12.2 Å². The summed E-state index contributed by atoms with van der Waals surface area (Å²) in [4.78, 5) is 22.3. The van der Waals surface area contributed by atoms with E-state index < -0.39 is 6.03 Å². The maximum Gasteiger partial charge on any atom is 0.321 e. The Morgan fingerprint density at radius 3 is 2.84 bits per heavy atom. The zero-order valence-electron chi connectivity index (χ0n) is 11.0. The zero-order chi connectivity index (χ0) is 14.3. The van der Waals surface area contributed by atoms with Gasteiger partial charge in [0.05, 0.1) is 0 Å². The molecular weight excluding hydrogens is 266 g/mol.